The number of hydrogen-bond acceptors (Lipinski definition) is 3. The minimum Gasteiger partial charge on any atom is -0.379 e. The van der Waals surface area contributed by atoms with Crippen LogP contribution < -0.4 is 5.73 Å². The van der Waals surface area contributed by atoms with Gasteiger partial charge in [0.15, 0.2) is 0 Å². The average molecular weight is 189 g/mol. The lowest BCUT2D eigenvalue weighted by Crippen LogP contribution is -2.31. The van der Waals surface area contributed by atoms with Crippen LogP contribution in [0.4, 0.5) is 0 Å². The molecule has 0 radical (unpaired) electrons. The molecular weight excluding hydrogens is 166 g/mol. The van der Waals surface area contributed by atoms with Crippen molar-refractivity contribution in [3.05, 3.63) is 0 Å². The Labute approximate surface area is 81.6 Å². The SMILES string of the molecule is CCOCC(C)OCC(C)(C)CN. The van der Waals surface area contributed by atoms with Crippen molar-refractivity contribution in [3.63, 3.8) is 0 Å². The van der Waals surface area contributed by atoms with Crippen molar-refractivity contribution in [2.24, 2.45) is 11.1 Å². The van der Waals surface area contributed by atoms with E-state index < -0.39 is 0 Å². The van der Waals surface area contributed by atoms with Crippen LogP contribution in [0.5, 0.6) is 0 Å². The lowest BCUT2D eigenvalue weighted by atomic mass is 9.95. The molecule has 0 heterocycles. The van der Waals surface area contributed by atoms with Gasteiger partial charge in [0.2, 0.25) is 0 Å². The first kappa shape index (κ1) is 12.9. The summed E-state index contributed by atoms with van der Waals surface area (Å²) in [6, 6.07) is 0. The maximum Gasteiger partial charge on any atom is 0.0780 e. The van der Waals surface area contributed by atoms with Gasteiger partial charge in [0.25, 0.3) is 0 Å². The fraction of sp³-hybridized carbons (Fsp3) is 1.00. The summed E-state index contributed by atoms with van der Waals surface area (Å²) in [6.45, 7) is 10.9. The minimum atomic E-state index is 0.0699. The highest BCUT2D eigenvalue weighted by atomic mass is 16.5. The van der Waals surface area contributed by atoms with Crippen molar-refractivity contribution in [3.8, 4) is 0 Å². The molecule has 0 saturated heterocycles. The Bertz CT molecular complexity index is 126. The van der Waals surface area contributed by atoms with Crippen LogP contribution in [-0.2, 0) is 9.47 Å². The van der Waals surface area contributed by atoms with Crippen molar-refractivity contribution >= 4 is 0 Å². The van der Waals surface area contributed by atoms with E-state index in [-0.39, 0.29) is 11.5 Å². The summed E-state index contributed by atoms with van der Waals surface area (Å²) in [5.41, 5.74) is 5.65. The van der Waals surface area contributed by atoms with E-state index in [0.717, 1.165) is 6.61 Å². The highest BCUT2D eigenvalue weighted by Crippen LogP contribution is 2.13. The summed E-state index contributed by atoms with van der Waals surface area (Å²) in [6.07, 6.45) is 0.158. The second-order valence-corrected chi connectivity index (χ2v) is 4.15. The summed E-state index contributed by atoms with van der Waals surface area (Å²) in [5, 5.41) is 0. The molecule has 0 aromatic heterocycles. The standard InChI is InChI=1S/C10H23NO2/c1-5-12-6-9(2)13-8-10(3,4)7-11/h9H,5-8,11H2,1-4H3. The van der Waals surface area contributed by atoms with Gasteiger partial charge in [0, 0.05) is 12.0 Å². The molecule has 0 bridgehead atoms. The third-order valence-corrected chi connectivity index (χ3v) is 1.87. The Balaban J connectivity index is 3.51. The third kappa shape index (κ3) is 6.99. The molecule has 0 aliphatic rings. The quantitative estimate of drug-likeness (QED) is 0.658. The normalized spacial score (nSPS) is 14.5. The van der Waals surface area contributed by atoms with E-state index in [4.69, 9.17) is 15.2 Å². The van der Waals surface area contributed by atoms with E-state index in [1.54, 1.807) is 0 Å². The monoisotopic (exact) mass is 189 g/mol. The van der Waals surface area contributed by atoms with Crippen molar-refractivity contribution < 1.29 is 9.47 Å². The Kier molecular flexibility index (Phi) is 6.29. The predicted molar refractivity (Wildman–Crippen MR) is 54.7 cm³/mol. The molecule has 0 spiro atoms. The van der Waals surface area contributed by atoms with Crippen LogP contribution in [0, 0.1) is 5.41 Å². The van der Waals surface area contributed by atoms with E-state index in [2.05, 4.69) is 13.8 Å². The van der Waals surface area contributed by atoms with Gasteiger partial charge < -0.3 is 15.2 Å². The lowest BCUT2D eigenvalue weighted by molar-refractivity contribution is -0.0313. The van der Waals surface area contributed by atoms with Crippen molar-refractivity contribution in [1.82, 2.24) is 0 Å². The van der Waals surface area contributed by atoms with Crippen LogP contribution in [0.3, 0.4) is 0 Å². The van der Waals surface area contributed by atoms with Gasteiger partial charge in [0.1, 0.15) is 0 Å². The highest BCUT2D eigenvalue weighted by Gasteiger charge is 2.17. The van der Waals surface area contributed by atoms with Crippen molar-refractivity contribution in [2.45, 2.75) is 33.8 Å². The average Bonchev–Trinajstić information content (AvgIpc) is 2.11. The summed E-state index contributed by atoms with van der Waals surface area (Å²) < 4.78 is 10.8. The molecule has 0 aliphatic heterocycles. The molecule has 0 amide bonds. The van der Waals surface area contributed by atoms with Crippen molar-refractivity contribution in [2.75, 3.05) is 26.4 Å². The van der Waals surface area contributed by atoms with Gasteiger partial charge in [-0.15, -0.1) is 0 Å². The first-order chi connectivity index (χ1) is 6.02. The van der Waals surface area contributed by atoms with Gasteiger partial charge in [-0.3, -0.25) is 0 Å². The summed E-state index contributed by atoms with van der Waals surface area (Å²) in [5.74, 6) is 0. The second kappa shape index (κ2) is 6.35. The zero-order chi connectivity index (χ0) is 10.3. The molecule has 3 heteroatoms. The fourth-order valence-electron chi connectivity index (χ4n) is 0.759. The molecule has 0 aromatic rings. The molecule has 3 nitrogen and oxygen atoms in total. The number of nitrogens with two attached hydrogens (primary N) is 1. The predicted octanol–water partition coefficient (Wildman–Crippen LogP) is 1.41. The Morgan fingerprint density at radius 1 is 1.38 bits per heavy atom. The van der Waals surface area contributed by atoms with Crippen LogP contribution in [0.1, 0.15) is 27.7 Å². The largest absolute Gasteiger partial charge is 0.379 e. The van der Waals surface area contributed by atoms with Gasteiger partial charge in [-0.25, -0.2) is 0 Å². The van der Waals surface area contributed by atoms with Gasteiger partial charge in [-0.1, -0.05) is 13.8 Å². The van der Waals surface area contributed by atoms with Crippen molar-refractivity contribution in [1.29, 1.82) is 0 Å². The third-order valence-electron chi connectivity index (χ3n) is 1.87. The summed E-state index contributed by atoms with van der Waals surface area (Å²) in [7, 11) is 0. The van der Waals surface area contributed by atoms with Gasteiger partial charge in [-0.2, -0.15) is 0 Å². The molecule has 2 N–H and O–H groups in total. The van der Waals surface area contributed by atoms with E-state index in [9.17, 15) is 0 Å². The summed E-state index contributed by atoms with van der Waals surface area (Å²) >= 11 is 0. The first-order valence-electron chi connectivity index (χ1n) is 4.91. The molecule has 0 fully saturated rings. The molecule has 13 heavy (non-hydrogen) atoms. The molecule has 1 atom stereocenters. The van der Waals surface area contributed by atoms with Crippen LogP contribution in [0.25, 0.3) is 0 Å². The van der Waals surface area contributed by atoms with Gasteiger partial charge in [0.05, 0.1) is 19.3 Å². The molecular formula is C10H23NO2. The van der Waals surface area contributed by atoms with Gasteiger partial charge >= 0.3 is 0 Å². The van der Waals surface area contributed by atoms with Crippen LogP contribution in [-0.4, -0.2) is 32.5 Å². The number of ether oxygens (including phenoxy) is 2. The van der Waals surface area contributed by atoms with E-state index >= 15 is 0 Å². The fourth-order valence-corrected chi connectivity index (χ4v) is 0.759. The first-order valence-corrected chi connectivity index (χ1v) is 4.91. The van der Waals surface area contributed by atoms with Crippen LogP contribution in [0.2, 0.25) is 0 Å². The van der Waals surface area contributed by atoms with E-state index in [1.807, 2.05) is 13.8 Å². The van der Waals surface area contributed by atoms with E-state index in [0.29, 0.717) is 19.8 Å². The smallest absolute Gasteiger partial charge is 0.0780 e. The van der Waals surface area contributed by atoms with E-state index in [1.165, 1.54) is 0 Å². The highest BCUT2D eigenvalue weighted by molar-refractivity contribution is 4.68. The molecule has 0 saturated carbocycles. The maximum atomic E-state index is 5.59. The topological polar surface area (TPSA) is 44.5 Å². The zero-order valence-corrected chi connectivity index (χ0v) is 9.30. The molecule has 0 aromatic carbocycles. The zero-order valence-electron chi connectivity index (χ0n) is 9.30. The number of rotatable bonds is 7. The maximum absolute atomic E-state index is 5.59. The summed E-state index contributed by atoms with van der Waals surface area (Å²) in [4.78, 5) is 0. The lowest BCUT2D eigenvalue weighted by Gasteiger charge is -2.24. The van der Waals surface area contributed by atoms with Crippen LogP contribution >= 0.6 is 0 Å². The van der Waals surface area contributed by atoms with Gasteiger partial charge in [-0.05, 0) is 20.4 Å². The molecule has 0 aliphatic carbocycles. The van der Waals surface area contributed by atoms with Crippen LogP contribution in [0.15, 0.2) is 0 Å². The molecule has 80 valence electrons. The Morgan fingerprint density at radius 2 is 2.00 bits per heavy atom. The molecule has 0 rings (SSSR count). The Morgan fingerprint density at radius 3 is 2.46 bits per heavy atom. The Hall–Kier alpha value is -0.120. The second-order valence-electron chi connectivity index (χ2n) is 4.15. The molecule has 1 unspecified atom stereocenters. The minimum absolute atomic E-state index is 0.0699. The number of hydrogen-bond donors (Lipinski definition) is 1.